The Balaban J connectivity index is 2.43. The van der Waals surface area contributed by atoms with Gasteiger partial charge in [-0.2, -0.15) is 0 Å². The minimum Gasteiger partial charge on any atom is -0.460 e. The molecule has 0 amide bonds. The third-order valence-corrected chi connectivity index (χ3v) is 2.33. The molecule has 0 saturated heterocycles. The van der Waals surface area contributed by atoms with Crippen molar-refractivity contribution in [2.45, 2.75) is 32.9 Å². The molecule has 5 nitrogen and oxygen atoms in total. The Morgan fingerprint density at radius 2 is 2.35 bits per heavy atom. The number of esters is 1. The molecule has 1 aromatic rings. The predicted octanol–water partition coefficient (Wildman–Crippen LogP) is 1.32. The van der Waals surface area contributed by atoms with Crippen LogP contribution in [0.1, 0.15) is 36.6 Å². The number of nitrogens with one attached hydrogen (secondary N) is 1. The lowest BCUT2D eigenvalue weighted by atomic mass is 10.2. The molecule has 0 bridgehead atoms. The fourth-order valence-electron chi connectivity index (χ4n) is 1.36. The van der Waals surface area contributed by atoms with Crippen molar-refractivity contribution in [3.8, 4) is 0 Å². The summed E-state index contributed by atoms with van der Waals surface area (Å²) in [7, 11) is 0. The Labute approximate surface area is 101 Å². The highest BCUT2D eigenvalue weighted by atomic mass is 16.5. The van der Waals surface area contributed by atoms with Crippen molar-refractivity contribution in [2.24, 2.45) is 0 Å². The van der Waals surface area contributed by atoms with Crippen LogP contribution in [-0.4, -0.2) is 30.3 Å². The molecule has 17 heavy (non-hydrogen) atoms. The van der Waals surface area contributed by atoms with Gasteiger partial charge in [-0.25, -0.2) is 4.79 Å². The van der Waals surface area contributed by atoms with E-state index in [2.05, 4.69) is 5.32 Å². The number of carbonyl (C=O) groups is 1. The van der Waals surface area contributed by atoms with Crippen LogP contribution in [0, 0.1) is 0 Å². The summed E-state index contributed by atoms with van der Waals surface area (Å²) in [6, 6.07) is 3.55. The number of hydrogen-bond donors (Lipinski definition) is 2. The number of aliphatic hydroxyl groups excluding tert-OH is 1. The molecular formula is C12H19NO4. The Hall–Kier alpha value is -1.33. The molecule has 1 heterocycles. The van der Waals surface area contributed by atoms with Crippen LogP contribution in [0.25, 0.3) is 0 Å². The van der Waals surface area contributed by atoms with Crippen LogP contribution in [0.15, 0.2) is 16.5 Å². The van der Waals surface area contributed by atoms with E-state index in [1.807, 2.05) is 6.92 Å². The van der Waals surface area contributed by atoms with E-state index in [4.69, 9.17) is 14.3 Å². The molecule has 1 atom stereocenters. The van der Waals surface area contributed by atoms with Crippen LogP contribution in [-0.2, 0) is 11.3 Å². The molecule has 1 aromatic heterocycles. The van der Waals surface area contributed by atoms with Gasteiger partial charge >= 0.3 is 5.97 Å². The van der Waals surface area contributed by atoms with Crippen LogP contribution >= 0.6 is 0 Å². The van der Waals surface area contributed by atoms with Crippen molar-refractivity contribution in [1.29, 1.82) is 0 Å². The number of hydrogen-bond acceptors (Lipinski definition) is 5. The first-order chi connectivity index (χ1) is 8.17. The van der Waals surface area contributed by atoms with Crippen molar-refractivity contribution in [1.82, 2.24) is 5.32 Å². The first-order valence-corrected chi connectivity index (χ1v) is 5.77. The molecule has 5 heteroatoms. The molecule has 1 unspecified atom stereocenters. The third-order valence-electron chi connectivity index (χ3n) is 2.33. The molecule has 0 aliphatic heterocycles. The van der Waals surface area contributed by atoms with E-state index in [0.717, 1.165) is 0 Å². The minimum atomic E-state index is -0.442. The van der Waals surface area contributed by atoms with E-state index < -0.39 is 5.97 Å². The van der Waals surface area contributed by atoms with Crippen LogP contribution in [0.3, 0.4) is 0 Å². The standard InChI is InChI=1S/C12H19NO4/c1-3-16-12(15)11-5-4-10(17-11)8-13-9(2)6-7-14/h4-5,9,13-14H,3,6-8H2,1-2H3. The van der Waals surface area contributed by atoms with E-state index in [9.17, 15) is 4.79 Å². The molecule has 0 fully saturated rings. The smallest absolute Gasteiger partial charge is 0.374 e. The molecule has 96 valence electrons. The monoisotopic (exact) mass is 241 g/mol. The zero-order valence-electron chi connectivity index (χ0n) is 10.2. The Kier molecular flexibility index (Phi) is 5.72. The second-order valence-corrected chi connectivity index (χ2v) is 3.78. The minimum absolute atomic E-state index is 0.153. The van der Waals surface area contributed by atoms with Gasteiger partial charge in [-0.3, -0.25) is 0 Å². The average Bonchev–Trinajstić information content (AvgIpc) is 2.76. The van der Waals surface area contributed by atoms with E-state index in [0.29, 0.717) is 25.3 Å². The average molecular weight is 241 g/mol. The highest BCUT2D eigenvalue weighted by molar-refractivity contribution is 5.86. The lowest BCUT2D eigenvalue weighted by Gasteiger charge is -2.10. The summed E-state index contributed by atoms with van der Waals surface area (Å²) < 4.78 is 10.1. The Bertz CT molecular complexity index is 348. The number of furan rings is 1. The van der Waals surface area contributed by atoms with Crippen LogP contribution < -0.4 is 5.32 Å². The lowest BCUT2D eigenvalue weighted by molar-refractivity contribution is 0.0488. The maximum atomic E-state index is 11.3. The van der Waals surface area contributed by atoms with Gasteiger partial charge in [0.2, 0.25) is 5.76 Å². The second kappa shape index (κ2) is 7.09. The maximum absolute atomic E-state index is 11.3. The summed E-state index contributed by atoms with van der Waals surface area (Å²) in [5.74, 6) is 0.457. The van der Waals surface area contributed by atoms with E-state index in [1.165, 1.54) is 0 Å². The quantitative estimate of drug-likeness (QED) is 0.704. The van der Waals surface area contributed by atoms with Gasteiger partial charge in [0.1, 0.15) is 5.76 Å². The van der Waals surface area contributed by atoms with Crippen LogP contribution in [0.5, 0.6) is 0 Å². The summed E-state index contributed by atoms with van der Waals surface area (Å²) in [6.07, 6.45) is 0.686. The first-order valence-electron chi connectivity index (χ1n) is 5.77. The highest BCUT2D eigenvalue weighted by Crippen LogP contribution is 2.09. The van der Waals surface area contributed by atoms with Crippen molar-refractivity contribution in [2.75, 3.05) is 13.2 Å². The number of aliphatic hydroxyl groups is 1. The van der Waals surface area contributed by atoms with Crippen molar-refractivity contribution in [3.63, 3.8) is 0 Å². The first kappa shape index (κ1) is 13.7. The summed E-state index contributed by atoms with van der Waals surface area (Å²) >= 11 is 0. The molecular weight excluding hydrogens is 222 g/mol. The molecule has 2 N–H and O–H groups in total. The van der Waals surface area contributed by atoms with Crippen LogP contribution in [0.2, 0.25) is 0 Å². The van der Waals surface area contributed by atoms with Crippen molar-refractivity contribution in [3.05, 3.63) is 23.7 Å². The topological polar surface area (TPSA) is 71.7 Å². The molecule has 0 aliphatic rings. The number of rotatable bonds is 7. The fraction of sp³-hybridized carbons (Fsp3) is 0.583. The SMILES string of the molecule is CCOC(=O)c1ccc(CNC(C)CCO)o1. The van der Waals surface area contributed by atoms with Gasteiger partial charge in [-0.1, -0.05) is 0 Å². The zero-order valence-corrected chi connectivity index (χ0v) is 10.2. The third kappa shape index (κ3) is 4.58. The number of carbonyl (C=O) groups excluding carboxylic acids is 1. The van der Waals surface area contributed by atoms with Gasteiger partial charge in [0.25, 0.3) is 0 Å². The Morgan fingerprint density at radius 1 is 1.59 bits per heavy atom. The molecule has 0 aliphatic carbocycles. The molecule has 0 aromatic carbocycles. The number of ether oxygens (including phenoxy) is 1. The van der Waals surface area contributed by atoms with Gasteiger partial charge in [-0.15, -0.1) is 0 Å². The largest absolute Gasteiger partial charge is 0.460 e. The van der Waals surface area contributed by atoms with Gasteiger partial charge in [0.15, 0.2) is 0 Å². The van der Waals surface area contributed by atoms with Gasteiger partial charge < -0.3 is 19.6 Å². The van der Waals surface area contributed by atoms with Crippen LogP contribution in [0.4, 0.5) is 0 Å². The van der Waals surface area contributed by atoms with E-state index in [1.54, 1.807) is 19.1 Å². The normalized spacial score (nSPS) is 12.4. The molecule has 0 spiro atoms. The van der Waals surface area contributed by atoms with Crippen molar-refractivity contribution >= 4 is 5.97 Å². The Morgan fingerprint density at radius 3 is 3.00 bits per heavy atom. The summed E-state index contributed by atoms with van der Waals surface area (Å²) in [6.45, 7) is 4.74. The molecule has 0 saturated carbocycles. The van der Waals surface area contributed by atoms with Gasteiger partial charge in [0.05, 0.1) is 13.2 Å². The van der Waals surface area contributed by atoms with Crippen molar-refractivity contribution < 1.29 is 19.1 Å². The lowest BCUT2D eigenvalue weighted by Crippen LogP contribution is -2.26. The summed E-state index contributed by atoms with van der Waals surface area (Å²) in [4.78, 5) is 11.3. The zero-order chi connectivity index (χ0) is 12.7. The fourth-order valence-corrected chi connectivity index (χ4v) is 1.36. The van der Waals surface area contributed by atoms with Gasteiger partial charge in [-0.05, 0) is 32.4 Å². The molecule has 0 radical (unpaired) electrons. The highest BCUT2D eigenvalue weighted by Gasteiger charge is 2.12. The summed E-state index contributed by atoms with van der Waals surface area (Å²) in [5.41, 5.74) is 0. The maximum Gasteiger partial charge on any atom is 0.374 e. The van der Waals surface area contributed by atoms with E-state index >= 15 is 0 Å². The summed E-state index contributed by atoms with van der Waals surface area (Å²) in [5, 5.41) is 11.9. The van der Waals surface area contributed by atoms with Gasteiger partial charge in [0, 0.05) is 12.6 Å². The second-order valence-electron chi connectivity index (χ2n) is 3.78. The predicted molar refractivity (Wildman–Crippen MR) is 62.7 cm³/mol. The molecule has 1 rings (SSSR count). The van der Waals surface area contributed by atoms with E-state index in [-0.39, 0.29) is 18.4 Å².